The molecule has 0 aromatic heterocycles. The van der Waals surface area contributed by atoms with E-state index in [0.717, 1.165) is 19.3 Å². The van der Waals surface area contributed by atoms with Crippen LogP contribution in [0.25, 0.3) is 0 Å². The van der Waals surface area contributed by atoms with E-state index in [-0.39, 0.29) is 35.7 Å². The number of para-hydroxylation sites is 1. The molecule has 4 heteroatoms. The molecule has 23 heavy (non-hydrogen) atoms. The molecule has 120 valence electrons. The lowest BCUT2D eigenvalue weighted by molar-refractivity contribution is -0.124. The molecule has 2 fully saturated rings. The Bertz CT molecular complexity index is 666. The number of benzene rings is 1. The van der Waals surface area contributed by atoms with Crippen molar-refractivity contribution in [2.24, 2.45) is 17.8 Å². The predicted molar refractivity (Wildman–Crippen MR) is 86.8 cm³/mol. The monoisotopic (exact) mass is 311 g/mol. The number of rotatable bonds is 2. The summed E-state index contributed by atoms with van der Waals surface area (Å²) < 4.78 is 5.67. The molecular formula is C19H21NO3. The number of anilines is 1. The Morgan fingerprint density at radius 1 is 1.09 bits per heavy atom. The van der Waals surface area contributed by atoms with Crippen molar-refractivity contribution >= 4 is 17.5 Å². The summed E-state index contributed by atoms with van der Waals surface area (Å²) in [5.74, 6) is -0.523. The summed E-state index contributed by atoms with van der Waals surface area (Å²) in [6.45, 7) is 0. The number of amides is 2. The molecule has 1 saturated carbocycles. The van der Waals surface area contributed by atoms with Gasteiger partial charge in [-0.1, -0.05) is 29.8 Å². The van der Waals surface area contributed by atoms with E-state index in [0.29, 0.717) is 12.1 Å². The number of fused-ring (bicyclic) bond motifs is 3. The van der Waals surface area contributed by atoms with Crippen LogP contribution in [0.5, 0.6) is 0 Å². The number of ether oxygens (including phenoxy) is 1. The molecular weight excluding hydrogens is 290 g/mol. The van der Waals surface area contributed by atoms with Gasteiger partial charge < -0.3 is 4.74 Å². The zero-order chi connectivity index (χ0) is 16.0. The van der Waals surface area contributed by atoms with Crippen LogP contribution in [0.4, 0.5) is 5.69 Å². The molecule has 0 spiro atoms. The molecule has 0 unspecified atom stereocenters. The second-order valence-corrected chi connectivity index (χ2v) is 6.69. The summed E-state index contributed by atoms with van der Waals surface area (Å²) in [6.07, 6.45) is 6.02. The molecule has 1 heterocycles. The summed E-state index contributed by atoms with van der Waals surface area (Å²) >= 11 is 0. The van der Waals surface area contributed by atoms with Crippen LogP contribution in [0.15, 0.2) is 42.0 Å². The van der Waals surface area contributed by atoms with Crippen molar-refractivity contribution in [3.05, 3.63) is 42.0 Å². The highest BCUT2D eigenvalue weighted by atomic mass is 16.5. The van der Waals surface area contributed by atoms with Crippen molar-refractivity contribution < 1.29 is 14.3 Å². The maximum absolute atomic E-state index is 13.1. The van der Waals surface area contributed by atoms with Gasteiger partial charge in [0, 0.05) is 13.0 Å². The molecule has 0 bridgehead atoms. The smallest absolute Gasteiger partial charge is 0.238 e. The van der Waals surface area contributed by atoms with E-state index < -0.39 is 0 Å². The summed E-state index contributed by atoms with van der Waals surface area (Å²) in [6, 6.07) is 9.27. The van der Waals surface area contributed by atoms with Gasteiger partial charge in [0.1, 0.15) is 0 Å². The van der Waals surface area contributed by atoms with Crippen molar-refractivity contribution in [2.75, 3.05) is 12.0 Å². The van der Waals surface area contributed by atoms with Gasteiger partial charge >= 0.3 is 0 Å². The van der Waals surface area contributed by atoms with Gasteiger partial charge in [-0.3, -0.25) is 14.5 Å². The molecule has 1 aliphatic heterocycles. The molecule has 1 aromatic rings. The fourth-order valence-corrected chi connectivity index (χ4v) is 4.57. The van der Waals surface area contributed by atoms with Gasteiger partial charge in [-0.2, -0.15) is 0 Å². The number of carbonyl (C=O) groups is 2. The second kappa shape index (κ2) is 5.60. The third-order valence-corrected chi connectivity index (χ3v) is 5.60. The highest BCUT2D eigenvalue weighted by molar-refractivity contribution is 6.22. The van der Waals surface area contributed by atoms with Crippen LogP contribution >= 0.6 is 0 Å². The van der Waals surface area contributed by atoms with Crippen molar-refractivity contribution in [3.63, 3.8) is 0 Å². The van der Waals surface area contributed by atoms with Crippen molar-refractivity contribution in [1.29, 1.82) is 0 Å². The van der Waals surface area contributed by atoms with Crippen LogP contribution in [0, 0.1) is 17.8 Å². The van der Waals surface area contributed by atoms with E-state index in [9.17, 15) is 9.59 Å². The average Bonchev–Trinajstić information content (AvgIpc) is 2.86. The Morgan fingerprint density at radius 3 is 2.61 bits per heavy atom. The van der Waals surface area contributed by atoms with Gasteiger partial charge in [-0.15, -0.1) is 0 Å². The van der Waals surface area contributed by atoms with Crippen molar-refractivity contribution in [1.82, 2.24) is 0 Å². The van der Waals surface area contributed by atoms with Gasteiger partial charge in [0.15, 0.2) is 0 Å². The minimum absolute atomic E-state index is 0.0502. The number of hydrogen-bond acceptors (Lipinski definition) is 3. The average molecular weight is 311 g/mol. The first kappa shape index (κ1) is 14.6. The number of methoxy groups -OCH3 is 1. The normalized spacial score (nSPS) is 33.3. The lowest BCUT2D eigenvalue weighted by Crippen LogP contribution is -2.42. The summed E-state index contributed by atoms with van der Waals surface area (Å²) in [7, 11) is 1.72. The first-order chi connectivity index (χ1) is 11.2. The lowest BCUT2D eigenvalue weighted by Gasteiger charge is -2.40. The van der Waals surface area contributed by atoms with E-state index >= 15 is 0 Å². The Morgan fingerprint density at radius 2 is 1.87 bits per heavy atom. The van der Waals surface area contributed by atoms with E-state index in [1.165, 1.54) is 10.5 Å². The fraction of sp³-hybridized carbons (Fsp3) is 0.474. The highest BCUT2D eigenvalue weighted by Crippen LogP contribution is 2.48. The van der Waals surface area contributed by atoms with Crippen LogP contribution in [-0.2, 0) is 14.3 Å². The topological polar surface area (TPSA) is 46.6 Å². The van der Waals surface area contributed by atoms with Gasteiger partial charge in [0.05, 0.1) is 23.6 Å². The van der Waals surface area contributed by atoms with Crippen LogP contribution in [0.3, 0.4) is 0 Å². The Labute approximate surface area is 136 Å². The van der Waals surface area contributed by atoms with E-state index in [1.807, 2.05) is 30.3 Å². The molecule has 3 aliphatic rings. The minimum Gasteiger partial charge on any atom is -0.381 e. The van der Waals surface area contributed by atoms with Crippen LogP contribution in [0.2, 0.25) is 0 Å². The molecule has 4 atom stereocenters. The third-order valence-electron chi connectivity index (χ3n) is 5.60. The Balaban J connectivity index is 1.73. The third kappa shape index (κ3) is 2.16. The molecule has 0 radical (unpaired) electrons. The standard InChI is InChI=1S/C19H21NO3/c1-23-15-9-5-6-12-10-11-14-17(16(12)15)19(22)20(18(14)21)13-7-3-2-4-8-13/h2-4,7-8,10,14-17H,5-6,9,11H2,1H3/t14-,15+,16-,17-/m0/s1. The van der Waals surface area contributed by atoms with Crippen LogP contribution in [0.1, 0.15) is 25.7 Å². The van der Waals surface area contributed by atoms with Gasteiger partial charge in [0.25, 0.3) is 0 Å². The Hall–Kier alpha value is -1.94. The first-order valence-electron chi connectivity index (χ1n) is 8.37. The number of hydrogen-bond donors (Lipinski definition) is 0. The molecule has 0 N–H and O–H groups in total. The van der Waals surface area contributed by atoms with Gasteiger partial charge in [-0.05, 0) is 37.8 Å². The number of nitrogens with zero attached hydrogens (tertiary/aromatic N) is 1. The summed E-state index contributed by atoms with van der Waals surface area (Å²) in [5, 5.41) is 0. The Kier molecular flexibility index (Phi) is 3.57. The molecule has 4 rings (SSSR count). The number of allylic oxidation sites excluding steroid dienone is 1. The molecule has 1 aromatic carbocycles. The number of imide groups is 1. The largest absolute Gasteiger partial charge is 0.381 e. The molecule has 2 aliphatic carbocycles. The van der Waals surface area contributed by atoms with Crippen LogP contribution < -0.4 is 4.90 Å². The van der Waals surface area contributed by atoms with E-state index in [4.69, 9.17) is 4.74 Å². The highest BCUT2D eigenvalue weighted by Gasteiger charge is 2.55. The van der Waals surface area contributed by atoms with Crippen LogP contribution in [-0.4, -0.2) is 25.0 Å². The molecule has 2 amide bonds. The molecule has 4 nitrogen and oxygen atoms in total. The zero-order valence-electron chi connectivity index (χ0n) is 13.3. The summed E-state index contributed by atoms with van der Waals surface area (Å²) in [4.78, 5) is 27.3. The maximum Gasteiger partial charge on any atom is 0.238 e. The van der Waals surface area contributed by atoms with Crippen molar-refractivity contribution in [3.8, 4) is 0 Å². The van der Waals surface area contributed by atoms with Gasteiger partial charge in [0.2, 0.25) is 11.8 Å². The maximum atomic E-state index is 13.1. The quantitative estimate of drug-likeness (QED) is 0.623. The van der Waals surface area contributed by atoms with Gasteiger partial charge in [-0.25, -0.2) is 0 Å². The van der Waals surface area contributed by atoms with E-state index in [1.54, 1.807) is 7.11 Å². The minimum atomic E-state index is -0.257. The number of carbonyl (C=O) groups excluding carboxylic acids is 2. The van der Waals surface area contributed by atoms with E-state index in [2.05, 4.69) is 6.08 Å². The second-order valence-electron chi connectivity index (χ2n) is 6.69. The predicted octanol–water partition coefficient (Wildman–Crippen LogP) is 2.94. The summed E-state index contributed by atoms with van der Waals surface area (Å²) in [5.41, 5.74) is 2.00. The van der Waals surface area contributed by atoms with Crippen molar-refractivity contribution in [2.45, 2.75) is 31.8 Å². The SMILES string of the molecule is CO[C@@H]1CCCC2=CC[C@@H]3C(=O)N(c4ccccc4)C(=O)[C@@H]3[C@@H]21. The zero-order valence-corrected chi connectivity index (χ0v) is 13.3. The first-order valence-corrected chi connectivity index (χ1v) is 8.37. The lowest BCUT2D eigenvalue weighted by atomic mass is 9.66. The molecule has 1 saturated heterocycles. The fourth-order valence-electron chi connectivity index (χ4n) is 4.57.